The van der Waals surface area contributed by atoms with Gasteiger partial charge in [-0.2, -0.15) is 0 Å². The van der Waals surface area contributed by atoms with Crippen molar-refractivity contribution in [2.24, 2.45) is 5.41 Å². The zero-order valence-corrected chi connectivity index (χ0v) is 27.2. The molecule has 2 aliphatic heterocycles. The molecule has 0 bridgehead atoms. The molecule has 42 heavy (non-hydrogen) atoms. The first-order valence-corrected chi connectivity index (χ1v) is 16.0. The van der Waals surface area contributed by atoms with Crippen molar-refractivity contribution in [1.29, 1.82) is 0 Å². The molecule has 0 saturated carbocycles. The Balaban J connectivity index is 0.000000972. The fraction of sp³-hybridized carbons (Fsp3) is 0.433. The summed E-state index contributed by atoms with van der Waals surface area (Å²) in [7, 11) is 0. The number of ether oxygens (including phenoxy) is 1. The van der Waals surface area contributed by atoms with Gasteiger partial charge in [0.25, 0.3) is 5.91 Å². The lowest BCUT2D eigenvalue weighted by Gasteiger charge is -2.60. The molecule has 1 N–H and O–H groups in total. The maximum absolute atomic E-state index is 14.5. The minimum atomic E-state index is -0.524. The van der Waals surface area contributed by atoms with E-state index in [1.165, 1.54) is 6.07 Å². The molecular formula is C30H37FIN7O3. The van der Waals surface area contributed by atoms with Crippen molar-refractivity contribution in [3.8, 4) is 0 Å². The molecule has 2 saturated heterocycles. The average molecular weight is 690 g/mol. The van der Waals surface area contributed by atoms with Crippen LogP contribution in [0.1, 0.15) is 50.7 Å². The highest BCUT2D eigenvalue weighted by Crippen LogP contribution is 2.44. The summed E-state index contributed by atoms with van der Waals surface area (Å²) < 4.78 is 21.5. The molecule has 12 heteroatoms. The molecule has 5 heterocycles. The van der Waals surface area contributed by atoms with Crippen LogP contribution in [0.3, 0.4) is 0 Å². The Hall–Kier alpha value is -3.55. The van der Waals surface area contributed by atoms with Crippen LogP contribution >= 0.6 is 22.6 Å². The van der Waals surface area contributed by atoms with E-state index in [1.54, 1.807) is 47.1 Å². The second kappa shape index (κ2) is 12.4. The molecule has 0 unspecified atom stereocenters. The fourth-order valence-electron chi connectivity index (χ4n) is 5.28. The summed E-state index contributed by atoms with van der Waals surface area (Å²) in [6.45, 7) is 14.2. The second-order valence-electron chi connectivity index (χ2n) is 11.2. The van der Waals surface area contributed by atoms with E-state index < -0.39 is 17.3 Å². The third-order valence-electron chi connectivity index (χ3n) is 6.83. The van der Waals surface area contributed by atoms with Crippen molar-refractivity contribution < 1.29 is 18.7 Å². The summed E-state index contributed by atoms with van der Waals surface area (Å²) in [4.78, 5) is 44.5. The number of carbonyl (C=O) groups is 2. The Bertz CT molecular complexity index is 1600. The molecule has 10 nitrogen and oxygen atoms in total. The first kappa shape index (κ1) is 31.4. The molecule has 0 radical (unpaired) electrons. The van der Waals surface area contributed by atoms with E-state index in [9.17, 15) is 14.0 Å². The van der Waals surface area contributed by atoms with Crippen molar-refractivity contribution >= 4 is 62.6 Å². The van der Waals surface area contributed by atoms with Gasteiger partial charge in [0.05, 0.1) is 22.6 Å². The van der Waals surface area contributed by atoms with Gasteiger partial charge in [-0.3, -0.25) is 14.8 Å². The number of aryl methyl sites for hydroxylation is 1. The summed E-state index contributed by atoms with van der Waals surface area (Å²) >= 11 is 2.15. The molecule has 6 rings (SSSR count). The summed E-state index contributed by atoms with van der Waals surface area (Å²) in [5, 5.41) is 2.77. The molecular weight excluding hydrogens is 652 g/mol. The largest absolute Gasteiger partial charge is 0.444 e. The van der Waals surface area contributed by atoms with Crippen molar-refractivity contribution in [2.75, 3.05) is 41.3 Å². The predicted molar refractivity (Wildman–Crippen MR) is 171 cm³/mol. The number of carbonyl (C=O) groups excluding carboxylic acids is 2. The summed E-state index contributed by atoms with van der Waals surface area (Å²) in [5.74, 6) is -0.937. The number of rotatable bonds is 3. The number of hydrogen-bond donors (Lipinski definition) is 1. The number of amides is 2. The third-order valence-corrected chi connectivity index (χ3v) is 6.83. The summed E-state index contributed by atoms with van der Waals surface area (Å²) in [6, 6.07) is 4.84. The lowest BCUT2D eigenvalue weighted by Crippen LogP contribution is -2.73. The lowest BCUT2D eigenvalue weighted by atomic mass is 9.72. The first-order chi connectivity index (χ1) is 20.0. The molecule has 3 aromatic heterocycles. The number of fused-ring (bicyclic) bond motifs is 2. The number of imidazole rings is 1. The summed E-state index contributed by atoms with van der Waals surface area (Å²) in [6.07, 6.45) is 6.18. The van der Waals surface area contributed by atoms with Gasteiger partial charge in [0.1, 0.15) is 16.6 Å². The highest BCUT2D eigenvalue weighted by molar-refractivity contribution is 14.1. The van der Waals surface area contributed by atoms with Crippen molar-refractivity contribution in [1.82, 2.24) is 24.3 Å². The highest BCUT2D eigenvalue weighted by atomic mass is 127. The van der Waals surface area contributed by atoms with Gasteiger partial charge in [0.15, 0.2) is 11.5 Å². The van der Waals surface area contributed by atoms with E-state index in [2.05, 4.69) is 47.8 Å². The number of alkyl halides is 1. The van der Waals surface area contributed by atoms with Crippen LogP contribution in [0.5, 0.6) is 0 Å². The first-order valence-electron chi connectivity index (χ1n) is 13.8. The number of nitrogens with one attached hydrogen (secondary N) is 1. The number of pyridine rings is 1. The second-order valence-corrected chi connectivity index (χ2v) is 11.2. The topological polar surface area (TPSA) is 105 Å². The third kappa shape index (κ3) is 6.27. The standard InChI is InChI=1S/C27H28FN7O3.C2H6.CH3I/c1-16-10-33-11-17(9-19(28)23(33)31-16)32-24(36)18-5-6-20(22-21(18)29-7-8-30-22)34-12-27(13-34)14-35(15-27)25(37)38-26(2,3)4;2*1-2/h5-11H,12-15H2,1-4H3,(H,32,36);1-2H3;1H3. The van der Waals surface area contributed by atoms with Crippen LogP contribution in [0.25, 0.3) is 16.7 Å². The maximum atomic E-state index is 14.5. The van der Waals surface area contributed by atoms with Crippen LogP contribution < -0.4 is 10.2 Å². The minimum absolute atomic E-state index is 0.0376. The van der Waals surface area contributed by atoms with E-state index in [-0.39, 0.29) is 17.2 Å². The van der Waals surface area contributed by atoms with Gasteiger partial charge in [0.2, 0.25) is 0 Å². The van der Waals surface area contributed by atoms with Crippen LogP contribution in [0, 0.1) is 18.2 Å². The Morgan fingerprint density at radius 1 is 1.02 bits per heavy atom. The molecule has 1 spiro atoms. The summed E-state index contributed by atoms with van der Waals surface area (Å²) in [5.41, 5.74) is 3.01. The average Bonchev–Trinajstić information content (AvgIpc) is 3.29. The zero-order valence-electron chi connectivity index (χ0n) is 25.0. The number of halogens is 2. The Morgan fingerprint density at radius 2 is 1.67 bits per heavy atom. The van der Waals surface area contributed by atoms with Gasteiger partial charge in [0, 0.05) is 62.4 Å². The highest BCUT2D eigenvalue weighted by Gasteiger charge is 2.54. The Morgan fingerprint density at radius 3 is 2.31 bits per heavy atom. The number of likely N-dealkylation sites (tertiary alicyclic amines) is 1. The lowest BCUT2D eigenvalue weighted by molar-refractivity contribution is -0.0452. The SMILES string of the molecule is CC.CI.Cc1cn2cc(NC(=O)c3ccc(N4CC5(CN(C(=O)OC(C)(C)C)C5)C4)c4nccnc34)cc(F)c2n1. The molecule has 4 aromatic rings. The van der Waals surface area contributed by atoms with Gasteiger partial charge in [-0.05, 0) is 44.8 Å². The van der Waals surface area contributed by atoms with E-state index in [0.29, 0.717) is 41.1 Å². The van der Waals surface area contributed by atoms with Gasteiger partial charge >= 0.3 is 6.09 Å². The number of anilines is 2. The molecule has 1 aromatic carbocycles. The van der Waals surface area contributed by atoms with E-state index >= 15 is 0 Å². The van der Waals surface area contributed by atoms with Gasteiger partial charge in [-0.15, -0.1) is 0 Å². The minimum Gasteiger partial charge on any atom is -0.444 e. The maximum Gasteiger partial charge on any atom is 0.410 e. The van der Waals surface area contributed by atoms with Crippen molar-refractivity contribution in [2.45, 2.75) is 47.1 Å². The molecule has 2 amide bonds. The normalized spacial score (nSPS) is 15.2. The van der Waals surface area contributed by atoms with Crippen LogP contribution in [-0.2, 0) is 4.74 Å². The number of nitrogens with zero attached hydrogens (tertiary/aromatic N) is 6. The molecule has 2 fully saturated rings. The molecule has 0 atom stereocenters. The fourth-order valence-corrected chi connectivity index (χ4v) is 5.28. The Labute approximate surface area is 258 Å². The predicted octanol–water partition coefficient (Wildman–Crippen LogP) is 6.11. The van der Waals surface area contributed by atoms with Gasteiger partial charge in [-0.1, -0.05) is 36.4 Å². The van der Waals surface area contributed by atoms with Gasteiger partial charge < -0.3 is 24.3 Å². The van der Waals surface area contributed by atoms with Crippen LogP contribution in [0.15, 0.2) is 43.0 Å². The van der Waals surface area contributed by atoms with Crippen LogP contribution in [-0.4, -0.2) is 73.0 Å². The quantitative estimate of drug-likeness (QED) is 0.205. The zero-order chi connectivity index (χ0) is 30.8. The van der Waals surface area contributed by atoms with Crippen LogP contribution in [0.2, 0.25) is 0 Å². The molecule has 0 aliphatic carbocycles. The number of aromatic nitrogens is 4. The molecule has 224 valence electrons. The number of benzene rings is 1. The number of hydrogen-bond acceptors (Lipinski definition) is 7. The molecule has 2 aliphatic rings. The smallest absolute Gasteiger partial charge is 0.410 e. The van der Waals surface area contributed by atoms with E-state index in [4.69, 9.17) is 4.74 Å². The van der Waals surface area contributed by atoms with E-state index in [0.717, 1.165) is 18.8 Å². The Kier molecular flexibility index (Phi) is 9.24. The monoisotopic (exact) mass is 689 g/mol. The van der Waals surface area contributed by atoms with Crippen LogP contribution in [0.4, 0.5) is 20.6 Å². The van der Waals surface area contributed by atoms with Crippen molar-refractivity contribution in [3.63, 3.8) is 0 Å². The van der Waals surface area contributed by atoms with Gasteiger partial charge in [-0.25, -0.2) is 14.2 Å². The van der Waals surface area contributed by atoms with Crippen molar-refractivity contribution in [3.05, 3.63) is 60.1 Å². The van der Waals surface area contributed by atoms with E-state index in [1.807, 2.05) is 45.6 Å².